The standard InChI is InChI=1S/C15H24FN3O/c1-20-14-5-2-4-13(15(14)16)12-19-8-3-7-18(9-6-17)10-11-19/h2,4-5H,3,6-12,17H2,1H3. The predicted molar refractivity (Wildman–Crippen MR) is 78.3 cm³/mol. The molecule has 0 saturated carbocycles. The third-order valence-corrected chi connectivity index (χ3v) is 3.78. The average Bonchev–Trinajstić information content (AvgIpc) is 2.67. The van der Waals surface area contributed by atoms with Crippen LogP contribution >= 0.6 is 0 Å². The third-order valence-electron chi connectivity index (χ3n) is 3.78. The molecule has 0 radical (unpaired) electrons. The van der Waals surface area contributed by atoms with Crippen molar-refractivity contribution in [2.75, 3.05) is 46.4 Å². The topological polar surface area (TPSA) is 41.7 Å². The van der Waals surface area contributed by atoms with Crippen molar-refractivity contribution in [3.05, 3.63) is 29.6 Å². The van der Waals surface area contributed by atoms with Gasteiger partial charge < -0.3 is 15.4 Å². The first-order chi connectivity index (χ1) is 9.74. The van der Waals surface area contributed by atoms with Gasteiger partial charge in [-0.05, 0) is 25.6 Å². The van der Waals surface area contributed by atoms with Crippen LogP contribution in [0.2, 0.25) is 0 Å². The Morgan fingerprint density at radius 3 is 2.70 bits per heavy atom. The number of nitrogens with zero attached hydrogens (tertiary/aromatic N) is 2. The second-order valence-corrected chi connectivity index (χ2v) is 5.19. The van der Waals surface area contributed by atoms with Gasteiger partial charge in [0.1, 0.15) is 0 Å². The smallest absolute Gasteiger partial charge is 0.169 e. The highest BCUT2D eigenvalue weighted by atomic mass is 19.1. The van der Waals surface area contributed by atoms with E-state index < -0.39 is 0 Å². The maximum atomic E-state index is 14.1. The molecule has 20 heavy (non-hydrogen) atoms. The van der Waals surface area contributed by atoms with Crippen molar-refractivity contribution in [2.45, 2.75) is 13.0 Å². The van der Waals surface area contributed by atoms with Gasteiger partial charge in [-0.1, -0.05) is 12.1 Å². The maximum Gasteiger partial charge on any atom is 0.169 e. The summed E-state index contributed by atoms with van der Waals surface area (Å²) in [6.45, 7) is 6.32. The molecule has 0 aromatic heterocycles. The van der Waals surface area contributed by atoms with Gasteiger partial charge in [-0.3, -0.25) is 4.90 Å². The molecule has 5 heteroatoms. The first kappa shape index (κ1) is 15.2. The Balaban J connectivity index is 1.96. The van der Waals surface area contributed by atoms with Crippen LogP contribution in [0.1, 0.15) is 12.0 Å². The molecule has 1 fully saturated rings. The molecular formula is C15H24FN3O. The second-order valence-electron chi connectivity index (χ2n) is 5.19. The highest BCUT2D eigenvalue weighted by molar-refractivity contribution is 5.30. The summed E-state index contributed by atoms with van der Waals surface area (Å²) in [5.41, 5.74) is 6.31. The van der Waals surface area contributed by atoms with Crippen molar-refractivity contribution < 1.29 is 9.13 Å². The van der Waals surface area contributed by atoms with Crippen LogP contribution in [-0.4, -0.2) is 56.2 Å². The second kappa shape index (κ2) is 7.57. The number of rotatable bonds is 5. The lowest BCUT2D eigenvalue weighted by Crippen LogP contribution is -2.33. The minimum absolute atomic E-state index is 0.238. The number of hydrogen-bond acceptors (Lipinski definition) is 4. The van der Waals surface area contributed by atoms with Crippen molar-refractivity contribution >= 4 is 0 Å². The van der Waals surface area contributed by atoms with Crippen molar-refractivity contribution in [1.29, 1.82) is 0 Å². The summed E-state index contributed by atoms with van der Waals surface area (Å²) in [6.07, 6.45) is 1.10. The van der Waals surface area contributed by atoms with E-state index in [1.807, 2.05) is 12.1 Å². The fourth-order valence-electron chi connectivity index (χ4n) is 2.67. The van der Waals surface area contributed by atoms with Gasteiger partial charge in [-0.2, -0.15) is 0 Å². The molecule has 1 aromatic carbocycles. The first-order valence-corrected chi connectivity index (χ1v) is 7.20. The lowest BCUT2D eigenvalue weighted by atomic mass is 10.2. The molecule has 1 aromatic rings. The van der Waals surface area contributed by atoms with Crippen LogP contribution < -0.4 is 10.5 Å². The van der Waals surface area contributed by atoms with Crippen LogP contribution in [0.3, 0.4) is 0 Å². The van der Waals surface area contributed by atoms with Crippen LogP contribution in [0.5, 0.6) is 5.75 Å². The minimum atomic E-state index is -0.238. The molecule has 0 unspecified atom stereocenters. The van der Waals surface area contributed by atoms with E-state index in [-0.39, 0.29) is 5.82 Å². The van der Waals surface area contributed by atoms with E-state index in [1.54, 1.807) is 6.07 Å². The molecule has 0 atom stereocenters. The molecular weight excluding hydrogens is 257 g/mol. The van der Waals surface area contributed by atoms with Gasteiger partial charge in [0.15, 0.2) is 11.6 Å². The summed E-state index contributed by atoms with van der Waals surface area (Å²) in [5, 5.41) is 0. The van der Waals surface area contributed by atoms with Gasteiger partial charge in [0.25, 0.3) is 0 Å². The Bertz CT molecular complexity index is 428. The zero-order valence-corrected chi connectivity index (χ0v) is 12.1. The van der Waals surface area contributed by atoms with E-state index in [1.165, 1.54) is 7.11 Å². The quantitative estimate of drug-likeness (QED) is 0.883. The fourth-order valence-corrected chi connectivity index (χ4v) is 2.67. The van der Waals surface area contributed by atoms with Gasteiger partial charge in [-0.15, -0.1) is 0 Å². The molecule has 1 saturated heterocycles. The van der Waals surface area contributed by atoms with Gasteiger partial charge in [0.05, 0.1) is 7.11 Å². The number of nitrogens with two attached hydrogens (primary N) is 1. The highest BCUT2D eigenvalue weighted by Gasteiger charge is 2.16. The normalized spacial score (nSPS) is 17.9. The molecule has 0 spiro atoms. The largest absolute Gasteiger partial charge is 0.494 e. The SMILES string of the molecule is COc1cccc(CN2CCCN(CCN)CC2)c1F. The highest BCUT2D eigenvalue weighted by Crippen LogP contribution is 2.21. The van der Waals surface area contributed by atoms with Gasteiger partial charge in [0.2, 0.25) is 0 Å². The summed E-state index contributed by atoms with van der Waals surface area (Å²) >= 11 is 0. The summed E-state index contributed by atoms with van der Waals surface area (Å²) in [5.74, 6) is 0.0835. The molecule has 1 aliphatic heterocycles. The number of benzene rings is 1. The lowest BCUT2D eigenvalue weighted by molar-refractivity contribution is 0.251. The maximum absolute atomic E-state index is 14.1. The molecule has 4 nitrogen and oxygen atoms in total. The third kappa shape index (κ3) is 3.91. The van der Waals surface area contributed by atoms with E-state index in [0.717, 1.165) is 39.1 Å². The number of methoxy groups -OCH3 is 1. The Morgan fingerprint density at radius 2 is 1.95 bits per heavy atom. The summed E-state index contributed by atoms with van der Waals surface area (Å²) in [7, 11) is 1.50. The van der Waals surface area contributed by atoms with Crippen LogP contribution in [0.25, 0.3) is 0 Å². The van der Waals surface area contributed by atoms with Crippen molar-refractivity contribution in [2.24, 2.45) is 5.73 Å². The molecule has 1 aliphatic rings. The lowest BCUT2D eigenvalue weighted by Gasteiger charge is -2.21. The molecule has 0 amide bonds. The molecule has 2 N–H and O–H groups in total. The van der Waals surface area contributed by atoms with Crippen LogP contribution in [0.4, 0.5) is 4.39 Å². The van der Waals surface area contributed by atoms with E-state index in [9.17, 15) is 4.39 Å². The summed E-state index contributed by atoms with van der Waals surface area (Å²) < 4.78 is 19.2. The Labute approximate surface area is 120 Å². The number of ether oxygens (including phenoxy) is 1. The Kier molecular flexibility index (Phi) is 5.76. The van der Waals surface area contributed by atoms with E-state index in [0.29, 0.717) is 24.4 Å². The van der Waals surface area contributed by atoms with Gasteiger partial charge >= 0.3 is 0 Å². The minimum Gasteiger partial charge on any atom is -0.494 e. The van der Waals surface area contributed by atoms with E-state index in [4.69, 9.17) is 10.5 Å². The van der Waals surface area contributed by atoms with Crippen molar-refractivity contribution in [3.8, 4) is 5.75 Å². The zero-order valence-electron chi connectivity index (χ0n) is 12.1. The van der Waals surface area contributed by atoms with Gasteiger partial charge in [0, 0.05) is 38.3 Å². The number of hydrogen-bond donors (Lipinski definition) is 1. The van der Waals surface area contributed by atoms with E-state index in [2.05, 4.69) is 9.80 Å². The zero-order chi connectivity index (χ0) is 14.4. The summed E-state index contributed by atoms with van der Waals surface area (Å²) in [6, 6.07) is 5.33. The fraction of sp³-hybridized carbons (Fsp3) is 0.600. The van der Waals surface area contributed by atoms with Crippen LogP contribution in [0, 0.1) is 5.82 Å². The van der Waals surface area contributed by atoms with Crippen LogP contribution in [-0.2, 0) is 6.54 Å². The Morgan fingerprint density at radius 1 is 1.20 bits per heavy atom. The van der Waals surface area contributed by atoms with Crippen LogP contribution in [0.15, 0.2) is 18.2 Å². The molecule has 0 aliphatic carbocycles. The first-order valence-electron chi connectivity index (χ1n) is 7.20. The molecule has 112 valence electrons. The number of halogens is 1. The van der Waals surface area contributed by atoms with Crippen molar-refractivity contribution in [3.63, 3.8) is 0 Å². The Hall–Kier alpha value is -1.17. The van der Waals surface area contributed by atoms with Gasteiger partial charge in [-0.25, -0.2) is 4.39 Å². The molecule has 2 rings (SSSR count). The molecule has 0 bridgehead atoms. The predicted octanol–water partition coefficient (Wildman–Crippen LogP) is 1.30. The monoisotopic (exact) mass is 281 g/mol. The summed E-state index contributed by atoms with van der Waals surface area (Å²) in [4.78, 5) is 4.68. The van der Waals surface area contributed by atoms with E-state index >= 15 is 0 Å². The average molecular weight is 281 g/mol. The molecule has 1 heterocycles. The van der Waals surface area contributed by atoms with Crippen molar-refractivity contribution in [1.82, 2.24) is 9.80 Å².